The molecule has 0 spiro atoms. The van der Waals surface area contributed by atoms with E-state index in [0.29, 0.717) is 28.5 Å². The van der Waals surface area contributed by atoms with Crippen molar-refractivity contribution in [1.82, 2.24) is 14.9 Å². The quantitative estimate of drug-likeness (QED) is 0.781. The molecule has 0 bridgehead atoms. The lowest BCUT2D eigenvalue weighted by atomic mass is 10.0. The second-order valence-electron chi connectivity index (χ2n) is 6.17. The van der Waals surface area contributed by atoms with Crippen molar-refractivity contribution in [3.05, 3.63) is 71.9 Å². The van der Waals surface area contributed by atoms with E-state index in [-0.39, 0.29) is 24.3 Å². The summed E-state index contributed by atoms with van der Waals surface area (Å²) in [7, 11) is 0. The summed E-state index contributed by atoms with van der Waals surface area (Å²) in [5.74, 6) is -0.573. The lowest BCUT2D eigenvalue weighted by Gasteiger charge is -2.25. The van der Waals surface area contributed by atoms with E-state index in [1.54, 1.807) is 47.8 Å². The zero-order valence-corrected chi connectivity index (χ0v) is 13.3. The Kier molecular flexibility index (Phi) is 3.89. The number of β-amino-alcohol motifs (C(OH)–C–C–N with tert-alkyl or cyclic N) is 1. The molecule has 3 heterocycles. The number of fused-ring (bicyclic) bond motifs is 1. The number of aromatic nitrogens is 2. The van der Waals surface area contributed by atoms with Crippen LogP contribution in [-0.2, 0) is 0 Å². The van der Waals surface area contributed by atoms with Gasteiger partial charge in [0.25, 0.3) is 5.91 Å². The molecule has 4 rings (SSSR count). The molecule has 25 heavy (non-hydrogen) atoms. The molecule has 6 heteroatoms. The van der Waals surface area contributed by atoms with Gasteiger partial charge in [0.2, 0.25) is 0 Å². The molecule has 3 aromatic rings. The highest BCUT2D eigenvalue weighted by atomic mass is 19.1. The van der Waals surface area contributed by atoms with Crippen molar-refractivity contribution >= 4 is 16.8 Å². The number of benzene rings is 1. The van der Waals surface area contributed by atoms with Gasteiger partial charge in [-0.05, 0) is 36.2 Å². The predicted octanol–water partition coefficient (Wildman–Crippen LogP) is 2.72. The Hall–Kier alpha value is -2.86. The van der Waals surface area contributed by atoms with E-state index in [1.807, 2.05) is 0 Å². The summed E-state index contributed by atoms with van der Waals surface area (Å²) in [6.07, 6.45) is 4.57. The number of nitrogens with zero attached hydrogens (tertiary/aromatic N) is 3. The van der Waals surface area contributed by atoms with Gasteiger partial charge in [0.15, 0.2) is 0 Å². The molecule has 126 valence electrons. The molecule has 1 N–H and O–H groups in total. The monoisotopic (exact) mass is 337 g/mol. The highest BCUT2D eigenvalue weighted by molar-refractivity contribution is 6.06. The first-order chi connectivity index (χ1) is 12.1. The highest BCUT2D eigenvalue weighted by Crippen LogP contribution is 2.34. The molecule has 2 atom stereocenters. The Bertz CT molecular complexity index is 941. The number of likely N-dealkylation sites (tertiary alicyclic amines) is 1. The van der Waals surface area contributed by atoms with Crippen LogP contribution in [0.25, 0.3) is 10.9 Å². The lowest BCUT2D eigenvalue weighted by Crippen LogP contribution is -2.32. The zero-order chi connectivity index (χ0) is 17.4. The molecule has 2 aromatic heterocycles. The van der Waals surface area contributed by atoms with Gasteiger partial charge < -0.3 is 10.0 Å². The molecule has 0 aliphatic carbocycles. The second-order valence-corrected chi connectivity index (χ2v) is 6.17. The van der Waals surface area contributed by atoms with Gasteiger partial charge in [-0.3, -0.25) is 14.8 Å². The van der Waals surface area contributed by atoms with Crippen molar-refractivity contribution in [2.24, 2.45) is 0 Å². The molecule has 1 aliphatic heterocycles. The number of amides is 1. The van der Waals surface area contributed by atoms with E-state index >= 15 is 0 Å². The van der Waals surface area contributed by atoms with Crippen molar-refractivity contribution < 1.29 is 14.3 Å². The number of carbonyl (C=O) groups excluding carboxylic acids is 1. The topological polar surface area (TPSA) is 66.3 Å². The zero-order valence-electron chi connectivity index (χ0n) is 13.3. The Morgan fingerprint density at radius 2 is 2.12 bits per heavy atom. The average Bonchev–Trinajstić information content (AvgIpc) is 3.02. The van der Waals surface area contributed by atoms with Gasteiger partial charge in [0.1, 0.15) is 5.82 Å². The summed E-state index contributed by atoms with van der Waals surface area (Å²) in [6, 6.07) is 9.20. The Morgan fingerprint density at radius 3 is 2.96 bits per heavy atom. The van der Waals surface area contributed by atoms with Gasteiger partial charge in [0.05, 0.1) is 23.2 Å². The molecule has 5 nitrogen and oxygen atoms in total. The maximum Gasteiger partial charge on any atom is 0.255 e. The van der Waals surface area contributed by atoms with Crippen LogP contribution in [0.1, 0.15) is 28.4 Å². The SMILES string of the molecule is O=C(c1ccnc2ccncc12)N1C[C@@H](O)C[C@@H]1c1cccc(F)c1. The summed E-state index contributed by atoms with van der Waals surface area (Å²) in [6.45, 7) is 0.212. The first kappa shape index (κ1) is 15.7. The van der Waals surface area contributed by atoms with Gasteiger partial charge in [-0.25, -0.2) is 4.39 Å². The number of hydrogen-bond acceptors (Lipinski definition) is 4. The van der Waals surface area contributed by atoms with Gasteiger partial charge in [0, 0.05) is 30.5 Å². The van der Waals surface area contributed by atoms with Crippen molar-refractivity contribution in [3.63, 3.8) is 0 Å². The number of rotatable bonds is 2. The van der Waals surface area contributed by atoms with Crippen LogP contribution in [0.5, 0.6) is 0 Å². The van der Waals surface area contributed by atoms with Crippen molar-refractivity contribution in [1.29, 1.82) is 0 Å². The van der Waals surface area contributed by atoms with Crippen LogP contribution in [-0.4, -0.2) is 38.5 Å². The number of hydrogen-bond donors (Lipinski definition) is 1. The van der Waals surface area contributed by atoms with Crippen molar-refractivity contribution in [2.75, 3.05) is 6.54 Å². The van der Waals surface area contributed by atoms with Crippen LogP contribution in [0.2, 0.25) is 0 Å². The highest BCUT2D eigenvalue weighted by Gasteiger charge is 2.36. The van der Waals surface area contributed by atoms with E-state index in [9.17, 15) is 14.3 Å². The van der Waals surface area contributed by atoms with Crippen molar-refractivity contribution in [2.45, 2.75) is 18.6 Å². The van der Waals surface area contributed by atoms with Crippen LogP contribution in [0.3, 0.4) is 0 Å². The molecule has 0 saturated carbocycles. The molecule has 1 saturated heterocycles. The van der Waals surface area contributed by atoms with E-state index < -0.39 is 6.10 Å². The average molecular weight is 337 g/mol. The number of aliphatic hydroxyl groups excluding tert-OH is 1. The summed E-state index contributed by atoms with van der Waals surface area (Å²) in [4.78, 5) is 23.1. The first-order valence-corrected chi connectivity index (χ1v) is 8.07. The molecule has 1 fully saturated rings. The standard InChI is InChI=1S/C19H16FN3O2/c20-13-3-1-2-12(8-13)18-9-14(24)11-23(18)19(25)15-4-7-22-17-5-6-21-10-16(15)17/h1-8,10,14,18,24H,9,11H2/t14-,18+/m0/s1. The van der Waals surface area contributed by atoms with Crippen molar-refractivity contribution in [3.8, 4) is 0 Å². The Morgan fingerprint density at radius 1 is 1.24 bits per heavy atom. The lowest BCUT2D eigenvalue weighted by molar-refractivity contribution is 0.0717. The van der Waals surface area contributed by atoms with Gasteiger partial charge in [-0.1, -0.05) is 12.1 Å². The van der Waals surface area contributed by atoms with E-state index in [0.717, 1.165) is 0 Å². The summed E-state index contributed by atoms with van der Waals surface area (Å²) < 4.78 is 13.6. The number of aliphatic hydroxyl groups is 1. The van der Waals surface area contributed by atoms with Crippen LogP contribution < -0.4 is 0 Å². The van der Waals surface area contributed by atoms with Crippen LogP contribution in [0.4, 0.5) is 4.39 Å². The minimum atomic E-state index is -0.636. The molecule has 1 amide bonds. The second kappa shape index (κ2) is 6.22. The van der Waals surface area contributed by atoms with E-state index in [4.69, 9.17) is 0 Å². The summed E-state index contributed by atoms with van der Waals surface area (Å²) in [5, 5.41) is 10.8. The third-order valence-corrected chi connectivity index (χ3v) is 4.55. The molecule has 0 radical (unpaired) electrons. The molecule has 1 aliphatic rings. The minimum absolute atomic E-state index is 0.212. The Balaban J connectivity index is 1.75. The fourth-order valence-corrected chi connectivity index (χ4v) is 3.40. The Labute approximate surface area is 143 Å². The largest absolute Gasteiger partial charge is 0.391 e. The fourth-order valence-electron chi connectivity index (χ4n) is 3.40. The third-order valence-electron chi connectivity index (χ3n) is 4.55. The van der Waals surface area contributed by atoms with Crippen LogP contribution in [0.15, 0.2) is 55.0 Å². The van der Waals surface area contributed by atoms with Crippen LogP contribution >= 0.6 is 0 Å². The maximum absolute atomic E-state index is 13.6. The van der Waals surface area contributed by atoms with E-state index in [1.165, 1.54) is 12.1 Å². The summed E-state index contributed by atoms with van der Waals surface area (Å²) >= 11 is 0. The minimum Gasteiger partial charge on any atom is -0.391 e. The maximum atomic E-state index is 13.6. The summed E-state index contributed by atoms with van der Waals surface area (Å²) in [5.41, 5.74) is 1.85. The van der Waals surface area contributed by atoms with Gasteiger partial charge >= 0.3 is 0 Å². The fraction of sp³-hybridized carbons (Fsp3) is 0.211. The first-order valence-electron chi connectivity index (χ1n) is 8.07. The molecular formula is C19H16FN3O2. The molecular weight excluding hydrogens is 321 g/mol. The molecule has 0 unspecified atom stereocenters. The van der Waals surface area contributed by atoms with Gasteiger partial charge in [-0.2, -0.15) is 0 Å². The molecule has 1 aromatic carbocycles. The smallest absolute Gasteiger partial charge is 0.255 e. The van der Waals surface area contributed by atoms with E-state index in [2.05, 4.69) is 9.97 Å². The number of carbonyl (C=O) groups is 1. The normalized spacial score (nSPS) is 20.2. The number of halogens is 1. The number of pyridine rings is 2. The van der Waals surface area contributed by atoms with Gasteiger partial charge in [-0.15, -0.1) is 0 Å². The predicted molar refractivity (Wildman–Crippen MR) is 90.3 cm³/mol. The third kappa shape index (κ3) is 2.85. The van der Waals surface area contributed by atoms with Crippen LogP contribution in [0, 0.1) is 5.82 Å².